The van der Waals surface area contributed by atoms with Crippen LogP contribution in [0.25, 0.3) is 0 Å². The van der Waals surface area contributed by atoms with E-state index in [2.05, 4.69) is 35.9 Å². The highest BCUT2D eigenvalue weighted by Crippen LogP contribution is 2.37. The Labute approximate surface area is 186 Å². The number of anilines is 5. The predicted molar refractivity (Wildman–Crippen MR) is 114 cm³/mol. The molecule has 2 heterocycles. The van der Waals surface area contributed by atoms with Gasteiger partial charge in [0, 0.05) is 13.1 Å². The van der Waals surface area contributed by atoms with E-state index in [1.165, 1.54) is 33.4 Å². The van der Waals surface area contributed by atoms with Crippen LogP contribution in [0.2, 0.25) is 0 Å². The van der Waals surface area contributed by atoms with Crippen molar-refractivity contribution in [3.05, 3.63) is 41.7 Å². The predicted octanol–water partition coefficient (Wildman–Crippen LogP) is 4.06. The molecule has 33 heavy (non-hydrogen) atoms. The summed E-state index contributed by atoms with van der Waals surface area (Å²) in [5.41, 5.74) is 0.211. The summed E-state index contributed by atoms with van der Waals surface area (Å²) in [7, 11) is 2.73. The van der Waals surface area contributed by atoms with Gasteiger partial charge in [-0.15, -0.1) is 0 Å². The van der Waals surface area contributed by atoms with Gasteiger partial charge in [-0.05, 0) is 24.6 Å². The Morgan fingerprint density at radius 2 is 1.73 bits per heavy atom. The molecule has 0 aliphatic heterocycles. The van der Waals surface area contributed by atoms with Gasteiger partial charge >= 0.3 is 12.2 Å². The number of carbonyl (C=O) groups excluding carboxylic acids is 1. The van der Waals surface area contributed by atoms with E-state index in [9.17, 15) is 18.0 Å². The zero-order valence-corrected chi connectivity index (χ0v) is 18.0. The quantitative estimate of drug-likeness (QED) is 0.476. The minimum atomic E-state index is -4.74. The number of alkyl halides is 3. The molecule has 3 N–H and O–H groups in total. The van der Waals surface area contributed by atoms with Crippen molar-refractivity contribution in [2.24, 2.45) is 0 Å². The first-order valence-corrected chi connectivity index (χ1v) is 9.42. The Morgan fingerprint density at radius 1 is 0.970 bits per heavy atom. The second kappa shape index (κ2) is 9.54. The fourth-order valence-corrected chi connectivity index (χ4v) is 2.73. The van der Waals surface area contributed by atoms with Crippen LogP contribution in [0, 0.1) is 6.92 Å². The molecule has 174 valence electrons. The molecule has 0 saturated carbocycles. The first-order valence-electron chi connectivity index (χ1n) is 9.42. The average Bonchev–Trinajstić information content (AvgIpc) is 2.74. The molecule has 0 aliphatic rings. The van der Waals surface area contributed by atoms with Crippen molar-refractivity contribution < 1.29 is 27.4 Å². The summed E-state index contributed by atoms with van der Waals surface area (Å²) >= 11 is 0. The molecule has 13 heteroatoms. The lowest BCUT2D eigenvalue weighted by atomic mass is 10.1. The number of benzene rings is 1. The van der Waals surface area contributed by atoms with E-state index in [4.69, 9.17) is 9.47 Å². The van der Waals surface area contributed by atoms with Crippen LogP contribution in [0.1, 0.15) is 18.1 Å². The number of hydrogen-bond acceptors (Lipinski definition) is 9. The van der Waals surface area contributed by atoms with E-state index in [1.807, 2.05) is 0 Å². The first-order chi connectivity index (χ1) is 15.6. The third-order valence-corrected chi connectivity index (χ3v) is 4.20. The lowest BCUT2D eigenvalue weighted by Crippen LogP contribution is -2.14. The molecular formula is C20H20F3N7O3. The number of ether oxygens (including phenoxy) is 2. The average molecular weight is 463 g/mol. The molecule has 0 saturated heterocycles. The van der Waals surface area contributed by atoms with Gasteiger partial charge in [0.2, 0.25) is 11.9 Å². The summed E-state index contributed by atoms with van der Waals surface area (Å²) in [4.78, 5) is 27.2. The van der Waals surface area contributed by atoms with Crippen LogP contribution in [0.15, 0.2) is 30.6 Å². The number of halogens is 3. The molecule has 0 aliphatic carbocycles. The number of methoxy groups -OCH3 is 2. The van der Waals surface area contributed by atoms with E-state index in [0.717, 1.165) is 5.56 Å². The number of aromatic nitrogens is 4. The van der Waals surface area contributed by atoms with E-state index < -0.39 is 17.6 Å². The second-order valence-electron chi connectivity index (χ2n) is 6.71. The van der Waals surface area contributed by atoms with Crippen LogP contribution in [0.3, 0.4) is 0 Å². The highest BCUT2D eigenvalue weighted by atomic mass is 19.4. The molecule has 1 amide bonds. The summed E-state index contributed by atoms with van der Waals surface area (Å²) in [5, 5.41) is 7.93. The number of hydrogen-bond donors (Lipinski definition) is 3. The Morgan fingerprint density at radius 3 is 2.36 bits per heavy atom. The van der Waals surface area contributed by atoms with Gasteiger partial charge in [-0.1, -0.05) is 6.07 Å². The third-order valence-electron chi connectivity index (χ3n) is 4.20. The lowest BCUT2D eigenvalue weighted by molar-refractivity contribution is -0.137. The van der Waals surface area contributed by atoms with Gasteiger partial charge in [0.15, 0.2) is 11.6 Å². The molecule has 1 aromatic carbocycles. The topological polar surface area (TPSA) is 123 Å². The van der Waals surface area contributed by atoms with E-state index >= 15 is 0 Å². The number of rotatable bonds is 7. The number of amides is 1. The minimum Gasteiger partial charge on any atom is -0.491 e. The molecular weight excluding hydrogens is 443 g/mol. The Balaban J connectivity index is 2.03. The summed E-state index contributed by atoms with van der Waals surface area (Å²) in [6.45, 7) is 3.08. The summed E-state index contributed by atoms with van der Waals surface area (Å²) < 4.78 is 51.0. The highest BCUT2D eigenvalue weighted by Gasteiger charge is 2.35. The number of aryl methyl sites for hydroxylation is 1. The van der Waals surface area contributed by atoms with Crippen LogP contribution in [0.5, 0.6) is 11.8 Å². The van der Waals surface area contributed by atoms with Crippen molar-refractivity contribution in [3.63, 3.8) is 0 Å². The van der Waals surface area contributed by atoms with Crippen LogP contribution in [-0.4, -0.2) is 40.1 Å². The Hall–Kier alpha value is -4.16. The van der Waals surface area contributed by atoms with Crippen LogP contribution in [0.4, 0.5) is 42.1 Å². The van der Waals surface area contributed by atoms with Crippen molar-refractivity contribution in [1.29, 1.82) is 0 Å². The molecule has 0 radical (unpaired) electrons. The second-order valence-corrected chi connectivity index (χ2v) is 6.71. The molecule has 3 aromatic rings. The third kappa shape index (κ3) is 5.75. The fourth-order valence-electron chi connectivity index (χ4n) is 2.73. The molecule has 0 unspecified atom stereocenters. The van der Waals surface area contributed by atoms with Gasteiger partial charge < -0.3 is 25.4 Å². The van der Waals surface area contributed by atoms with E-state index in [0.29, 0.717) is 11.9 Å². The number of carbonyl (C=O) groups is 1. The SMILES string of the molecule is COc1ncc(OC)c(Nc2ncc(C(F)(F)F)c(Nc3ccc(C)cc3NC(C)=O)n2)n1. The molecule has 0 fully saturated rings. The van der Waals surface area contributed by atoms with Gasteiger partial charge in [-0.25, -0.2) is 4.98 Å². The maximum absolute atomic E-state index is 13.6. The Kier molecular flexibility index (Phi) is 6.80. The smallest absolute Gasteiger partial charge is 0.421 e. The van der Waals surface area contributed by atoms with E-state index in [1.54, 1.807) is 19.1 Å². The normalized spacial score (nSPS) is 11.0. The van der Waals surface area contributed by atoms with Gasteiger partial charge in [0.05, 0.1) is 31.8 Å². The monoisotopic (exact) mass is 463 g/mol. The molecule has 10 nitrogen and oxygen atoms in total. The lowest BCUT2D eigenvalue weighted by Gasteiger charge is -2.17. The molecule has 0 spiro atoms. The highest BCUT2D eigenvalue weighted by molar-refractivity contribution is 5.93. The van der Waals surface area contributed by atoms with Gasteiger partial charge in [0.1, 0.15) is 11.4 Å². The maximum Gasteiger partial charge on any atom is 0.421 e. The standard InChI is InChI=1S/C20H20F3N7O3/c1-10-5-6-13(14(7-10)26-11(2)31)27-16-12(20(21,22)23)8-24-18(28-16)29-17-15(32-3)9-25-19(30-17)33-4/h5-9H,1-4H3,(H,26,31)(H2,24,25,27,28,29,30). The zero-order chi connectivity index (χ0) is 24.2. The van der Waals surface area contributed by atoms with Gasteiger partial charge in [-0.3, -0.25) is 4.79 Å². The number of nitrogens with zero attached hydrogens (tertiary/aromatic N) is 4. The summed E-state index contributed by atoms with van der Waals surface area (Å²) in [6, 6.07) is 4.84. The van der Waals surface area contributed by atoms with Crippen molar-refractivity contribution in [3.8, 4) is 11.8 Å². The number of nitrogens with one attached hydrogen (secondary N) is 3. The summed E-state index contributed by atoms with van der Waals surface area (Å²) in [5.74, 6) is -0.827. The van der Waals surface area contributed by atoms with Gasteiger partial charge in [-0.2, -0.15) is 28.1 Å². The largest absolute Gasteiger partial charge is 0.491 e. The van der Waals surface area contributed by atoms with Gasteiger partial charge in [0.25, 0.3) is 0 Å². The van der Waals surface area contributed by atoms with E-state index in [-0.39, 0.29) is 35.1 Å². The minimum absolute atomic E-state index is 0.00293. The van der Waals surface area contributed by atoms with Crippen molar-refractivity contribution in [2.45, 2.75) is 20.0 Å². The zero-order valence-electron chi connectivity index (χ0n) is 18.0. The van der Waals surface area contributed by atoms with Crippen LogP contribution >= 0.6 is 0 Å². The summed E-state index contributed by atoms with van der Waals surface area (Å²) in [6.07, 6.45) is -2.78. The first kappa shape index (κ1) is 23.5. The molecule has 0 bridgehead atoms. The molecule has 0 atom stereocenters. The van der Waals surface area contributed by atoms with Crippen LogP contribution < -0.4 is 25.4 Å². The van der Waals surface area contributed by atoms with Crippen molar-refractivity contribution in [1.82, 2.24) is 19.9 Å². The molecule has 3 rings (SSSR count). The Bertz CT molecular complexity index is 1170. The maximum atomic E-state index is 13.6. The molecule has 2 aromatic heterocycles. The van der Waals surface area contributed by atoms with Crippen molar-refractivity contribution >= 4 is 34.9 Å². The van der Waals surface area contributed by atoms with Crippen LogP contribution in [-0.2, 0) is 11.0 Å². The fraction of sp³-hybridized carbons (Fsp3) is 0.250. The van der Waals surface area contributed by atoms with Crippen molar-refractivity contribution in [2.75, 3.05) is 30.2 Å².